The molecule has 0 amide bonds. The molecule has 0 bridgehead atoms. The molecule has 2 saturated carbocycles. The second kappa shape index (κ2) is 1.31. The van der Waals surface area contributed by atoms with Crippen molar-refractivity contribution in [3.05, 3.63) is 5.53 Å². The lowest BCUT2D eigenvalue weighted by molar-refractivity contribution is -0.117. The topological polar surface area (TPSA) is 53.5 Å². The van der Waals surface area contributed by atoms with E-state index in [2.05, 4.69) is 4.79 Å². The number of Topliss-reactive ketones (excluding diaryl/α,β-unsaturated/α-hetero) is 1. The van der Waals surface area contributed by atoms with E-state index in [1.54, 1.807) is 0 Å². The molecule has 0 saturated heterocycles. The van der Waals surface area contributed by atoms with Crippen LogP contribution >= 0.6 is 0 Å². The van der Waals surface area contributed by atoms with E-state index in [0.29, 0.717) is 18.1 Å². The quantitative estimate of drug-likeness (QED) is 0.336. The summed E-state index contributed by atoms with van der Waals surface area (Å²) in [6, 6.07) is 0. The monoisotopic (exact) mass is 122 g/mol. The molecule has 0 radical (unpaired) electrons. The van der Waals surface area contributed by atoms with Gasteiger partial charge in [0, 0.05) is 5.92 Å². The number of rotatable bonds is 0. The normalized spacial score (nSPS) is 38.2. The highest BCUT2D eigenvalue weighted by molar-refractivity contribution is 6.41. The van der Waals surface area contributed by atoms with Crippen LogP contribution in [0.2, 0.25) is 0 Å². The van der Waals surface area contributed by atoms with Crippen LogP contribution in [0.5, 0.6) is 0 Å². The maximum Gasteiger partial charge on any atom is 0.335 e. The summed E-state index contributed by atoms with van der Waals surface area (Å²) < 4.78 is 0. The van der Waals surface area contributed by atoms with Crippen molar-refractivity contribution in [2.45, 2.75) is 12.8 Å². The molecule has 0 aromatic heterocycles. The fourth-order valence-corrected chi connectivity index (χ4v) is 1.45. The Hall–Kier alpha value is -0.950. The van der Waals surface area contributed by atoms with Crippen molar-refractivity contribution < 1.29 is 9.58 Å². The summed E-state index contributed by atoms with van der Waals surface area (Å²) in [5.74, 6) is 0.835. The standard InChI is InChI=1S/C6H6N2O/c7-8-5-2-3-1-4(3)6(5)9/h3-4H,1-2H2. The van der Waals surface area contributed by atoms with Gasteiger partial charge in [-0.3, -0.25) is 4.79 Å². The first-order chi connectivity index (χ1) is 4.33. The second-order valence-electron chi connectivity index (χ2n) is 2.72. The van der Waals surface area contributed by atoms with Gasteiger partial charge in [-0.25, -0.2) is 0 Å². The zero-order valence-corrected chi connectivity index (χ0v) is 4.87. The van der Waals surface area contributed by atoms with E-state index in [9.17, 15) is 4.79 Å². The van der Waals surface area contributed by atoms with Crippen LogP contribution in [0.1, 0.15) is 12.8 Å². The minimum Gasteiger partial charge on any atom is -0.361 e. The summed E-state index contributed by atoms with van der Waals surface area (Å²) in [6.45, 7) is 0. The van der Waals surface area contributed by atoms with Crippen LogP contribution in [-0.2, 0) is 4.79 Å². The van der Waals surface area contributed by atoms with E-state index in [0.717, 1.165) is 6.42 Å². The van der Waals surface area contributed by atoms with Crippen LogP contribution in [0.15, 0.2) is 0 Å². The maximum atomic E-state index is 10.9. The van der Waals surface area contributed by atoms with Crippen molar-refractivity contribution in [3.63, 3.8) is 0 Å². The average molecular weight is 122 g/mol. The van der Waals surface area contributed by atoms with Crippen molar-refractivity contribution >= 4 is 11.5 Å². The van der Waals surface area contributed by atoms with Crippen molar-refractivity contribution in [2.75, 3.05) is 0 Å². The zero-order valence-electron chi connectivity index (χ0n) is 4.87. The Morgan fingerprint density at radius 3 is 2.78 bits per heavy atom. The summed E-state index contributed by atoms with van der Waals surface area (Å²) in [6.07, 6.45) is 1.73. The largest absolute Gasteiger partial charge is 0.361 e. The molecular weight excluding hydrogens is 116 g/mol. The molecular formula is C6H6N2O. The van der Waals surface area contributed by atoms with Gasteiger partial charge in [-0.1, -0.05) is 0 Å². The fraction of sp³-hybridized carbons (Fsp3) is 0.667. The molecule has 2 fully saturated rings. The lowest BCUT2D eigenvalue weighted by Crippen LogP contribution is -2.10. The average Bonchev–Trinajstić information content (AvgIpc) is 2.55. The minimum atomic E-state index is 0.0718. The van der Waals surface area contributed by atoms with Gasteiger partial charge in [0.2, 0.25) is 5.78 Å². The van der Waals surface area contributed by atoms with Crippen molar-refractivity contribution in [3.8, 4) is 0 Å². The number of hydrogen-bond acceptors (Lipinski definition) is 1. The van der Waals surface area contributed by atoms with Crippen LogP contribution in [0.25, 0.3) is 5.53 Å². The SMILES string of the molecule is [N-]=[N+]=C1CC2CC2C1=O. The molecule has 46 valence electrons. The predicted octanol–water partition coefficient (Wildman–Crippen LogP) is 0.266. The van der Waals surface area contributed by atoms with Gasteiger partial charge in [-0.05, 0) is 12.3 Å². The molecule has 0 heterocycles. The van der Waals surface area contributed by atoms with Gasteiger partial charge in [0.1, 0.15) is 0 Å². The predicted molar refractivity (Wildman–Crippen MR) is 29.8 cm³/mol. The van der Waals surface area contributed by atoms with Crippen LogP contribution in [0.4, 0.5) is 0 Å². The summed E-state index contributed by atoms with van der Waals surface area (Å²) in [5.41, 5.74) is 8.63. The van der Waals surface area contributed by atoms with E-state index in [-0.39, 0.29) is 11.7 Å². The van der Waals surface area contributed by atoms with Gasteiger partial charge in [-0.2, -0.15) is 4.79 Å². The number of hydrogen-bond donors (Lipinski definition) is 0. The minimum absolute atomic E-state index is 0.0718. The molecule has 2 unspecified atom stereocenters. The van der Waals surface area contributed by atoms with Crippen LogP contribution in [0.3, 0.4) is 0 Å². The summed E-state index contributed by atoms with van der Waals surface area (Å²) in [4.78, 5) is 13.8. The van der Waals surface area contributed by atoms with Crippen LogP contribution < -0.4 is 0 Å². The summed E-state index contributed by atoms with van der Waals surface area (Å²) >= 11 is 0. The Labute approximate surface area is 52.3 Å². The first kappa shape index (κ1) is 4.89. The van der Waals surface area contributed by atoms with Crippen molar-refractivity contribution in [1.29, 1.82) is 0 Å². The van der Waals surface area contributed by atoms with E-state index in [1.165, 1.54) is 0 Å². The highest BCUT2D eigenvalue weighted by Crippen LogP contribution is 2.47. The Kier molecular flexibility index (Phi) is 0.710. The van der Waals surface area contributed by atoms with Gasteiger partial charge >= 0.3 is 5.71 Å². The number of carbonyl (C=O) groups is 1. The van der Waals surface area contributed by atoms with Crippen molar-refractivity contribution in [2.24, 2.45) is 11.8 Å². The molecule has 9 heavy (non-hydrogen) atoms. The third-order valence-corrected chi connectivity index (χ3v) is 2.12. The Bertz CT molecular complexity index is 227. The Morgan fingerprint density at radius 1 is 1.67 bits per heavy atom. The van der Waals surface area contributed by atoms with Crippen molar-refractivity contribution in [1.82, 2.24) is 0 Å². The van der Waals surface area contributed by atoms with E-state index < -0.39 is 0 Å². The summed E-state index contributed by atoms with van der Waals surface area (Å²) in [5, 5.41) is 0. The Morgan fingerprint density at radius 2 is 2.44 bits per heavy atom. The first-order valence-electron chi connectivity index (χ1n) is 3.08. The molecule has 2 atom stereocenters. The lowest BCUT2D eigenvalue weighted by Gasteiger charge is -1.79. The highest BCUT2D eigenvalue weighted by Gasteiger charge is 2.55. The first-order valence-corrected chi connectivity index (χ1v) is 3.08. The van der Waals surface area contributed by atoms with Crippen LogP contribution in [-0.4, -0.2) is 16.3 Å². The fourth-order valence-electron chi connectivity index (χ4n) is 1.45. The number of nitrogens with zero attached hydrogens (tertiary/aromatic N) is 2. The third kappa shape index (κ3) is 0.495. The van der Waals surface area contributed by atoms with Gasteiger partial charge in [-0.15, -0.1) is 0 Å². The molecule has 0 aromatic carbocycles. The second-order valence-corrected chi connectivity index (χ2v) is 2.72. The lowest BCUT2D eigenvalue weighted by atomic mass is 10.2. The molecule has 0 aromatic rings. The van der Waals surface area contributed by atoms with Gasteiger partial charge in [0.25, 0.3) is 0 Å². The molecule has 3 nitrogen and oxygen atoms in total. The zero-order chi connectivity index (χ0) is 6.43. The van der Waals surface area contributed by atoms with E-state index in [4.69, 9.17) is 5.53 Å². The van der Waals surface area contributed by atoms with Gasteiger partial charge < -0.3 is 5.53 Å². The number of carbonyl (C=O) groups excluding carboxylic acids is 1. The van der Waals surface area contributed by atoms with Crippen LogP contribution in [0, 0.1) is 11.8 Å². The van der Waals surface area contributed by atoms with E-state index >= 15 is 0 Å². The molecule has 2 aliphatic rings. The molecule has 2 rings (SSSR count). The summed E-state index contributed by atoms with van der Waals surface area (Å²) in [7, 11) is 0. The third-order valence-electron chi connectivity index (χ3n) is 2.12. The molecule has 0 spiro atoms. The molecule has 0 aliphatic heterocycles. The number of ketones is 1. The number of fused-ring (bicyclic) bond motifs is 1. The maximum absolute atomic E-state index is 10.9. The van der Waals surface area contributed by atoms with Gasteiger partial charge in [0.05, 0.1) is 6.42 Å². The van der Waals surface area contributed by atoms with Gasteiger partial charge in [0.15, 0.2) is 0 Å². The molecule has 2 aliphatic carbocycles. The highest BCUT2D eigenvalue weighted by atomic mass is 16.1. The Balaban J connectivity index is 2.36. The smallest absolute Gasteiger partial charge is 0.335 e. The molecule has 3 heteroatoms. The molecule has 0 N–H and O–H groups in total. The van der Waals surface area contributed by atoms with E-state index in [1.807, 2.05) is 0 Å².